The van der Waals surface area contributed by atoms with Crippen molar-refractivity contribution in [1.29, 1.82) is 0 Å². The second-order valence-electron chi connectivity index (χ2n) is 6.23. The number of benzene rings is 1. The zero-order valence-electron chi connectivity index (χ0n) is 16.1. The van der Waals surface area contributed by atoms with Crippen LogP contribution in [0.5, 0.6) is 0 Å². The highest BCUT2D eigenvalue weighted by atomic mass is 32.2. The number of amides is 1. The van der Waals surface area contributed by atoms with Gasteiger partial charge in [0.05, 0.1) is 6.61 Å². The van der Waals surface area contributed by atoms with E-state index in [0.717, 1.165) is 29.5 Å². The van der Waals surface area contributed by atoms with Crippen LogP contribution in [0.2, 0.25) is 0 Å². The number of H-pyrrole nitrogens is 1. The molecule has 0 spiro atoms. The van der Waals surface area contributed by atoms with E-state index in [1.54, 1.807) is 25.1 Å². The molecule has 1 aromatic carbocycles. The zero-order chi connectivity index (χ0) is 20.8. The van der Waals surface area contributed by atoms with E-state index in [-0.39, 0.29) is 12.2 Å². The Labute approximate surface area is 170 Å². The van der Waals surface area contributed by atoms with Crippen LogP contribution in [0.15, 0.2) is 49.5 Å². The molecule has 0 atom stereocenters. The first-order chi connectivity index (χ1) is 14.0. The Hall–Kier alpha value is -3.07. The Morgan fingerprint density at radius 3 is 2.83 bits per heavy atom. The molecule has 8 nitrogen and oxygen atoms in total. The molecule has 0 fully saturated rings. The van der Waals surface area contributed by atoms with E-state index in [9.17, 15) is 14.4 Å². The normalized spacial score (nSPS) is 10.8. The van der Waals surface area contributed by atoms with Gasteiger partial charge in [-0.3, -0.25) is 10.1 Å². The van der Waals surface area contributed by atoms with Gasteiger partial charge >= 0.3 is 11.7 Å². The lowest BCUT2D eigenvalue weighted by Gasteiger charge is -2.08. The zero-order valence-corrected chi connectivity index (χ0v) is 16.9. The van der Waals surface area contributed by atoms with Crippen molar-refractivity contribution in [2.75, 3.05) is 11.9 Å². The minimum atomic E-state index is -0.581. The number of hydrogen-bond acceptors (Lipinski definition) is 7. The van der Waals surface area contributed by atoms with Gasteiger partial charge in [0, 0.05) is 40.7 Å². The first-order valence-corrected chi connectivity index (χ1v) is 10.2. The molecule has 1 amide bonds. The summed E-state index contributed by atoms with van der Waals surface area (Å²) in [5.74, 6) is 0.422. The molecule has 0 bridgehead atoms. The minimum absolute atomic E-state index is 0.196. The van der Waals surface area contributed by atoms with Crippen LogP contribution in [-0.2, 0) is 16.9 Å². The molecule has 0 aliphatic rings. The van der Waals surface area contributed by atoms with Gasteiger partial charge in [0.15, 0.2) is 5.16 Å². The van der Waals surface area contributed by atoms with Crippen LogP contribution in [0.4, 0.5) is 10.5 Å². The van der Waals surface area contributed by atoms with E-state index >= 15 is 0 Å². The van der Waals surface area contributed by atoms with Crippen molar-refractivity contribution in [3.63, 3.8) is 0 Å². The summed E-state index contributed by atoms with van der Waals surface area (Å²) in [4.78, 5) is 42.5. The second kappa shape index (κ2) is 9.42. The second-order valence-corrected chi connectivity index (χ2v) is 7.19. The number of nitrogens with one attached hydrogen (secondary N) is 2. The largest absolute Gasteiger partial charge is 0.450 e. The molecule has 3 rings (SSSR count). The molecule has 2 heterocycles. The van der Waals surface area contributed by atoms with Gasteiger partial charge in [-0.05, 0) is 31.0 Å². The first kappa shape index (κ1) is 20.7. The van der Waals surface area contributed by atoms with E-state index in [1.807, 2.05) is 6.92 Å². The summed E-state index contributed by atoms with van der Waals surface area (Å²) in [6.45, 7) is 3.99. The SMILES string of the molecule is CCCc1cc(=O)[nH]c(SCc2cc(=O)oc3cc(NC(=O)OCC)ccc23)n1. The van der Waals surface area contributed by atoms with Gasteiger partial charge in [0.25, 0.3) is 5.56 Å². The lowest BCUT2D eigenvalue weighted by molar-refractivity contribution is 0.168. The number of carbonyl (C=O) groups excluding carboxylic acids is 1. The molecule has 2 aromatic heterocycles. The third kappa shape index (κ3) is 5.47. The summed E-state index contributed by atoms with van der Waals surface area (Å²) in [6.07, 6.45) is 1.04. The molecule has 0 aliphatic carbocycles. The smallest absolute Gasteiger partial charge is 0.411 e. The van der Waals surface area contributed by atoms with Gasteiger partial charge in [-0.1, -0.05) is 25.1 Å². The van der Waals surface area contributed by atoms with Crippen molar-refractivity contribution in [3.05, 3.63) is 62.4 Å². The molecule has 29 heavy (non-hydrogen) atoms. The van der Waals surface area contributed by atoms with Crippen molar-refractivity contribution in [2.24, 2.45) is 0 Å². The number of rotatable bonds is 7. The molecule has 0 aliphatic heterocycles. The summed E-state index contributed by atoms with van der Waals surface area (Å²) < 4.78 is 10.1. The Balaban J connectivity index is 1.85. The van der Waals surface area contributed by atoms with Crippen LogP contribution in [0.25, 0.3) is 11.0 Å². The van der Waals surface area contributed by atoms with E-state index in [0.29, 0.717) is 22.2 Å². The average molecular weight is 415 g/mol. The highest BCUT2D eigenvalue weighted by molar-refractivity contribution is 7.98. The number of carbonyl (C=O) groups is 1. The fourth-order valence-electron chi connectivity index (χ4n) is 2.79. The highest BCUT2D eigenvalue weighted by Crippen LogP contribution is 2.26. The maximum Gasteiger partial charge on any atom is 0.411 e. The fourth-order valence-corrected chi connectivity index (χ4v) is 3.68. The summed E-state index contributed by atoms with van der Waals surface area (Å²) in [5.41, 5.74) is 1.60. The lowest BCUT2D eigenvalue weighted by Crippen LogP contribution is -2.13. The number of aryl methyl sites for hydroxylation is 1. The van der Waals surface area contributed by atoms with Crippen LogP contribution < -0.4 is 16.5 Å². The lowest BCUT2D eigenvalue weighted by atomic mass is 10.1. The fraction of sp³-hybridized carbons (Fsp3) is 0.300. The van der Waals surface area contributed by atoms with E-state index in [1.165, 1.54) is 23.9 Å². The van der Waals surface area contributed by atoms with Crippen LogP contribution in [0, 0.1) is 0 Å². The molecule has 9 heteroatoms. The van der Waals surface area contributed by atoms with Gasteiger partial charge in [-0.25, -0.2) is 14.6 Å². The number of aromatic amines is 1. The molecular weight excluding hydrogens is 394 g/mol. The van der Waals surface area contributed by atoms with Crippen molar-refractivity contribution in [3.8, 4) is 0 Å². The number of ether oxygens (including phenoxy) is 1. The van der Waals surface area contributed by atoms with Crippen LogP contribution >= 0.6 is 11.8 Å². The maximum absolute atomic E-state index is 12.0. The molecule has 3 aromatic rings. The van der Waals surface area contributed by atoms with Gasteiger partial charge in [0.1, 0.15) is 5.58 Å². The Morgan fingerprint density at radius 1 is 1.24 bits per heavy atom. The number of hydrogen-bond donors (Lipinski definition) is 2. The summed E-state index contributed by atoms with van der Waals surface area (Å²) >= 11 is 1.34. The Bertz CT molecular complexity index is 1140. The van der Waals surface area contributed by atoms with Crippen molar-refractivity contribution in [2.45, 2.75) is 37.6 Å². The van der Waals surface area contributed by atoms with Crippen molar-refractivity contribution >= 4 is 34.5 Å². The Morgan fingerprint density at radius 2 is 2.07 bits per heavy atom. The average Bonchev–Trinajstić information content (AvgIpc) is 2.65. The molecule has 0 saturated carbocycles. The summed E-state index contributed by atoms with van der Waals surface area (Å²) in [7, 11) is 0. The molecule has 0 unspecified atom stereocenters. The number of aromatic nitrogens is 2. The van der Waals surface area contributed by atoms with Gasteiger partial charge in [0.2, 0.25) is 0 Å². The van der Waals surface area contributed by atoms with Gasteiger partial charge < -0.3 is 14.1 Å². The molecule has 0 radical (unpaired) electrons. The van der Waals surface area contributed by atoms with E-state index in [2.05, 4.69) is 15.3 Å². The first-order valence-electron chi connectivity index (χ1n) is 9.22. The van der Waals surface area contributed by atoms with Crippen LogP contribution in [-0.4, -0.2) is 22.7 Å². The van der Waals surface area contributed by atoms with Gasteiger partial charge in [-0.2, -0.15) is 0 Å². The predicted molar refractivity (Wildman–Crippen MR) is 112 cm³/mol. The maximum atomic E-state index is 12.0. The summed E-state index contributed by atoms with van der Waals surface area (Å²) in [6, 6.07) is 7.96. The standard InChI is InChI=1S/C20H21N3O5S/c1-3-5-13-10-17(24)23-19(21-13)29-11-12-8-18(25)28-16-9-14(6-7-15(12)16)22-20(26)27-4-2/h6-10H,3-5,11H2,1-2H3,(H,22,26)(H,21,23,24). The highest BCUT2D eigenvalue weighted by Gasteiger charge is 2.10. The van der Waals surface area contributed by atoms with E-state index in [4.69, 9.17) is 9.15 Å². The molecule has 0 saturated heterocycles. The van der Waals surface area contributed by atoms with Crippen molar-refractivity contribution in [1.82, 2.24) is 9.97 Å². The molecule has 152 valence electrons. The third-order valence-electron chi connectivity index (χ3n) is 4.00. The summed E-state index contributed by atoms with van der Waals surface area (Å²) in [5, 5.41) is 3.82. The number of fused-ring (bicyclic) bond motifs is 1. The quantitative estimate of drug-likeness (QED) is 0.344. The number of nitrogens with zero attached hydrogens (tertiary/aromatic N) is 1. The van der Waals surface area contributed by atoms with Crippen molar-refractivity contribution < 1.29 is 13.9 Å². The van der Waals surface area contributed by atoms with Crippen LogP contribution in [0.3, 0.4) is 0 Å². The third-order valence-corrected chi connectivity index (χ3v) is 4.92. The van der Waals surface area contributed by atoms with Gasteiger partial charge in [-0.15, -0.1) is 0 Å². The Kier molecular flexibility index (Phi) is 6.71. The predicted octanol–water partition coefficient (Wildman–Crippen LogP) is 3.69. The van der Waals surface area contributed by atoms with E-state index < -0.39 is 11.7 Å². The minimum Gasteiger partial charge on any atom is -0.450 e. The van der Waals surface area contributed by atoms with Crippen LogP contribution in [0.1, 0.15) is 31.5 Å². The number of anilines is 1. The molecule has 2 N–H and O–H groups in total. The number of thioether (sulfide) groups is 1. The molecular formula is C20H21N3O5S. The topological polar surface area (TPSA) is 114 Å². The monoisotopic (exact) mass is 415 g/mol.